The van der Waals surface area contributed by atoms with Crippen molar-refractivity contribution in [2.75, 3.05) is 0 Å². The van der Waals surface area contributed by atoms with Crippen molar-refractivity contribution in [2.24, 2.45) is 7.05 Å². The number of rotatable bonds is 3. The van der Waals surface area contributed by atoms with E-state index in [0.29, 0.717) is 11.4 Å². The van der Waals surface area contributed by atoms with Gasteiger partial charge in [0.1, 0.15) is 0 Å². The number of ketones is 1. The minimum Gasteiger partial charge on any atom is -0.294 e. The van der Waals surface area contributed by atoms with Crippen LogP contribution < -0.4 is 0 Å². The summed E-state index contributed by atoms with van der Waals surface area (Å²) < 4.78 is 0. The molecule has 3 aromatic rings. The van der Waals surface area contributed by atoms with Crippen LogP contribution in [0.25, 0.3) is 10.8 Å². The lowest BCUT2D eigenvalue weighted by atomic mass is 10.00. The molecule has 1 heterocycles. The van der Waals surface area contributed by atoms with Gasteiger partial charge in [-0.05, 0) is 16.0 Å². The molecule has 0 bridgehead atoms. The van der Waals surface area contributed by atoms with Gasteiger partial charge in [-0.3, -0.25) is 4.79 Å². The van der Waals surface area contributed by atoms with Crippen LogP contribution in [-0.2, 0) is 13.5 Å². The number of carbonyl (C=O) groups is 1. The number of nitrogens with zero attached hydrogens (tertiary/aromatic N) is 4. The predicted octanol–water partition coefficient (Wildman–Crippen LogP) is 1.79. The summed E-state index contributed by atoms with van der Waals surface area (Å²) in [4.78, 5) is 13.7. The van der Waals surface area contributed by atoms with Crippen LogP contribution in [-0.4, -0.2) is 26.0 Å². The summed E-state index contributed by atoms with van der Waals surface area (Å²) in [7, 11) is 1.68. The number of fused-ring (bicyclic) bond motifs is 1. The van der Waals surface area contributed by atoms with E-state index in [2.05, 4.69) is 15.4 Å². The van der Waals surface area contributed by atoms with E-state index in [9.17, 15) is 4.79 Å². The van der Waals surface area contributed by atoms with Crippen molar-refractivity contribution in [1.82, 2.24) is 20.2 Å². The molecule has 0 spiro atoms. The highest BCUT2D eigenvalue weighted by Crippen LogP contribution is 2.19. The minimum absolute atomic E-state index is 0.00444. The zero-order chi connectivity index (χ0) is 13.2. The van der Waals surface area contributed by atoms with Crippen LogP contribution in [0.5, 0.6) is 0 Å². The second-order valence-corrected chi connectivity index (χ2v) is 4.32. The maximum atomic E-state index is 12.3. The molecule has 2 aromatic carbocycles. The molecule has 5 nitrogen and oxygen atoms in total. The summed E-state index contributed by atoms with van der Waals surface area (Å²) in [5, 5.41) is 13.6. The minimum atomic E-state index is 0.00444. The van der Waals surface area contributed by atoms with Gasteiger partial charge in [0.25, 0.3) is 0 Å². The van der Waals surface area contributed by atoms with Crippen molar-refractivity contribution in [1.29, 1.82) is 0 Å². The predicted molar refractivity (Wildman–Crippen MR) is 70.8 cm³/mol. The average Bonchev–Trinajstić information content (AvgIpc) is 2.83. The number of aromatic nitrogens is 4. The smallest absolute Gasteiger partial charge is 0.182 e. The molecular weight excluding hydrogens is 240 g/mol. The number of benzene rings is 2. The maximum absolute atomic E-state index is 12.3. The molecule has 3 rings (SSSR count). The Labute approximate surface area is 109 Å². The highest BCUT2D eigenvalue weighted by molar-refractivity contribution is 6.08. The summed E-state index contributed by atoms with van der Waals surface area (Å²) in [5.74, 6) is 0.449. The molecule has 0 N–H and O–H groups in total. The Bertz CT molecular complexity index is 743. The molecule has 19 heavy (non-hydrogen) atoms. The first kappa shape index (κ1) is 11.5. The van der Waals surface area contributed by atoms with Crippen LogP contribution in [0.2, 0.25) is 0 Å². The molecule has 0 saturated heterocycles. The normalized spacial score (nSPS) is 10.8. The van der Waals surface area contributed by atoms with E-state index in [1.54, 1.807) is 7.05 Å². The molecule has 0 aliphatic carbocycles. The number of carbonyl (C=O) groups excluding carboxylic acids is 1. The summed E-state index contributed by atoms with van der Waals surface area (Å²) in [6, 6.07) is 13.5. The van der Waals surface area contributed by atoms with Crippen LogP contribution in [0, 0.1) is 0 Å². The van der Waals surface area contributed by atoms with Crippen molar-refractivity contribution in [2.45, 2.75) is 6.42 Å². The number of hydrogen-bond acceptors (Lipinski definition) is 4. The van der Waals surface area contributed by atoms with Crippen LogP contribution in [0.1, 0.15) is 16.2 Å². The molecule has 0 atom stereocenters. The maximum Gasteiger partial charge on any atom is 0.182 e. The lowest BCUT2D eigenvalue weighted by molar-refractivity contribution is 0.0992. The van der Waals surface area contributed by atoms with Crippen molar-refractivity contribution in [3.05, 3.63) is 53.9 Å². The summed E-state index contributed by atoms with van der Waals surface area (Å²) in [6.45, 7) is 0. The Morgan fingerprint density at radius 1 is 1.16 bits per heavy atom. The molecule has 0 aliphatic rings. The van der Waals surface area contributed by atoms with Gasteiger partial charge in [0, 0.05) is 5.56 Å². The van der Waals surface area contributed by atoms with Crippen LogP contribution in [0.3, 0.4) is 0 Å². The lowest BCUT2D eigenvalue weighted by Gasteiger charge is -2.04. The van der Waals surface area contributed by atoms with E-state index in [4.69, 9.17) is 0 Å². The summed E-state index contributed by atoms with van der Waals surface area (Å²) in [6.07, 6.45) is 0.168. The first-order valence-corrected chi connectivity index (χ1v) is 5.98. The molecule has 1 aromatic heterocycles. The fraction of sp³-hybridized carbons (Fsp3) is 0.143. The van der Waals surface area contributed by atoms with Crippen molar-refractivity contribution in [3.63, 3.8) is 0 Å². The Kier molecular flexibility index (Phi) is 2.79. The fourth-order valence-electron chi connectivity index (χ4n) is 2.10. The number of aryl methyl sites for hydroxylation is 1. The third-order valence-corrected chi connectivity index (χ3v) is 2.96. The molecule has 0 unspecified atom stereocenters. The monoisotopic (exact) mass is 252 g/mol. The largest absolute Gasteiger partial charge is 0.294 e. The zero-order valence-electron chi connectivity index (χ0n) is 10.4. The second kappa shape index (κ2) is 4.61. The SMILES string of the molecule is Cn1nnc(CC(=O)c2cccc3ccccc23)n1. The molecule has 0 aliphatic heterocycles. The zero-order valence-corrected chi connectivity index (χ0v) is 10.4. The summed E-state index contributed by atoms with van der Waals surface area (Å²) in [5.41, 5.74) is 0.700. The van der Waals surface area contributed by atoms with Gasteiger partial charge in [-0.1, -0.05) is 42.5 Å². The average molecular weight is 252 g/mol. The highest BCUT2D eigenvalue weighted by atomic mass is 16.1. The van der Waals surface area contributed by atoms with Gasteiger partial charge < -0.3 is 0 Å². The first-order valence-electron chi connectivity index (χ1n) is 5.98. The second-order valence-electron chi connectivity index (χ2n) is 4.32. The lowest BCUT2D eigenvalue weighted by Crippen LogP contribution is -2.06. The Morgan fingerprint density at radius 3 is 2.74 bits per heavy atom. The van der Waals surface area contributed by atoms with E-state index >= 15 is 0 Å². The number of tetrazole rings is 1. The molecule has 0 fully saturated rings. The highest BCUT2D eigenvalue weighted by Gasteiger charge is 2.13. The van der Waals surface area contributed by atoms with E-state index < -0.39 is 0 Å². The fourth-order valence-corrected chi connectivity index (χ4v) is 2.10. The van der Waals surface area contributed by atoms with Gasteiger partial charge >= 0.3 is 0 Å². The molecule has 0 saturated carbocycles. The van der Waals surface area contributed by atoms with Gasteiger partial charge in [-0.15, -0.1) is 10.2 Å². The van der Waals surface area contributed by atoms with Crippen LogP contribution in [0.15, 0.2) is 42.5 Å². The van der Waals surface area contributed by atoms with Crippen molar-refractivity contribution >= 4 is 16.6 Å². The topological polar surface area (TPSA) is 60.7 Å². The number of Topliss-reactive ketones (excluding diaryl/α,β-unsaturated/α-hetero) is 1. The van der Waals surface area contributed by atoms with E-state index in [1.165, 1.54) is 4.80 Å². The number of hydrogen-bond donors (Lipinski definition) is 0. The van der Waals surface area contributed by atoms with E-state index in [1.807, 2.05) is 42.5 Å². The Hall–Kier alpha value is -2.56. The third-order valence-electron chi connectivity index (χ3n) is 2.96. The van der Waals surface area contributed by atoms with Gasteiger partial charge in [-0.25, -0.2) is 0 Å². The Balaban J connectivity index is 1.97. The molecular formula is C14H12N4O. The van der Waals surface area contributed by atoms with E-state index in [0.717, 1.165) is 10.8 Å². The van der Waals surface area contributed by atoms with E-state index in [-0.39, 0.29) is 12.2 Å². The van der Waals surface area contributed by atoms with Gasteiger partial charge in [-0.2, -0.15) is 4.80 Å². The van der Waals surface area contributed by atoms with Crippen molar-refractivity contribution < 1.29 is 4.79 Å². The van der Waals surface area contributed by atoms with Crippen molar-refractivity contribution in [3.8, 4) is 0 Å². The molecule has 94 valence electrons. The Morgan fingerprint density at radius 2 is 1.95 bits per heavy atom. The van der Waals surface area contributed by atoms with Crippen LogP contribution in [0.4, 0.5) is 0 Å². The summed E-state index contributed by atoms with van der Waals surface area (Å²) >= 11 is 0. The third kappa shape index (κ3) is 2.22. The van der Waals surface area contributed by atoms with Gasteiger partial charge in [0.2, 0.25) is 0 Å². The van der Waals surface area contributed by atoms with Gasteiger partial charge in [0.15, 0.2) is 11.6 Å². The molecule has 0 amide bonds. The quantitative estimate of drug-likeness (QED) is 0.667. The van der Waals surface area contributed by atoms with Crippen LogP contribution >= 0.6 is 0 Å². The first-order chi connectivity index (χ1) is 9.24. The molecule has 0 radical (unpaired) electrons. The van der Waals surface area contributed by atoms with Gasteiger partial charge in [0.05, 0.1) is 13.5 Å². The molecule has 5 heteroatoms. The standard InChI is InChI=1S/C14H12N4O/c1-18-16-14(15-17-18)9-13(19)12-8-4-6-10-5-2-3-7-11(10)12/h2-8H,9H2,1H3.